The van der Waals surface area contributed by atoms with Crippen LogP contribution in [-0.2, 0) is 28.2 Å². The van der Waals surface area contributed by atoms with E-state index < -0.39 is 32.5 Å². The number of carbonyl (C=O) groups excluding carboxylic acids is 2. The van der Waals surface area contributed by atoms with Gasteiger partial charge in [0.25, 0.3) is 0 Å². The standard InChI is InChI=1S/C47H87O8P/c1-3-5-7-9-11-13-15-17-19-20-21-22-23-24-25-26-28-29-31-33-35-37-39-41-46(48)53-43-45(44-54-56(50,51)52)55-47(49)42-40-38-36-34-32-30-27-18-16-14-12-10-8-6-4-2/h6,8,12,14,18,27,45H,3-5,7,9-11,13,15-17,19-26,28-44H2,1-2H3,(H2,50,51,52)/b8-6-,14-12-,27-18-. The lowest BCUT2D eigenvalue weighted by Crippen LogP contribution is -2.29. The molecule has 8 nitrogen and oxygen atoms in total. The Balaban J connectivity index is 3.81. The van der Waals surface area contributed by atoms with E-state index in [2.05, 4.69) is 54.8 Å². The van der Waals surface area contributed by atoms with Crippen molar-refractivity contribution < 1.29 is 37.9 Å². The van der Waals surface area contributed by atoms with E-state index >= 15 is 0 Å². The second kappa shape index (κ2) is 42.9. The van der Waals surface area contributed by atoms with Crippen molar-refractivity contribution in [2.24, 2.45) is 0 Å². The molecule has 0 bridgehead atoms. The fraction of sp³-hybridized carbons (Fsp3) is 0.830. The van der Waals surface area contributed by atoms with E-state index in [1.54, 1.807) is 0 Å². The molecule has 0 amide bonds. The second-order valence-corrected chi connectivity index (χ2v) is 16.9. The van der Waals surface area contributed by atoms with Gasteiger partial charge in [-0.3, -0.25) is 14.1 Å². The van der Waals surface area contributed by atoms with Crippen molar-refractivity contribution >= 4 is 19.8 Å². The molecule has 1 atom stereocenters. The summed E-state index contributed by atoms with van der Waals surface area (Å²) in [5.74, 6) is -0.895. The van der Waals surface area contributed by atoms with Crippen LogP contribution in [0.5, 0.6) is 0 Å². The normalized spacial score (nSPS) is 12.7. The molecule has 0 aromatic heterocycles. The van der Waals surface area contributed by atoms with Gasteiger partial charge in [0.15, 0.2) is 6.10 Å². The quantitative estimate of drug-likeness (QED) is 0.0270. The summed E-state index contributed by atoms with van der Waals surface area (Å²) in [5, 5.41) is 0. The predicted octanol–water partition coefficient (Wildman–Crippen LogP) is 14.5. The van der Waals surface area contributed by atoms with Gasteiger partial charge in [0.05, 0.1) is 6.61 Å². The Kier molecular flexibility index (Phi) is 41.5. The fourth-order valence-corrected chi connectivity index (χ4v) is 7.10. The fourth-order valence-electron chi connectivity index (χ4n) is 6.74. The summed E-state index contributed by atoms with van der Waals surface area (Å²) >= 11 is 0. The van der Waals surface area contributed by atoms with Gasteiger partial charge < -0.3 is 19.3 Å². The molecule has 0 aliphatic carbocycles. The summed E-state index contributed by atoms with van der Waals surface area (Å²) in [5.41, 5.74) is 0. The van der Waals surface area contributed by atoms with Crippen LogP contribution in [-0.4, -0.2) is 41.0 Å². The maximum absolute atomic E-state index is 12.4. The van der Waals surface area contributed by atoms with Crippen LogP contribution in [0.4, 0.5) is 0 Å². The molecule has 328 valence electrons. The third-order valence-electron chi connectivity index (χ3n) is 10.2. The highest BCUT2D eigenvalue weighted by Crippen LogP contribution is 2.36. The minimum absolute atomic E-state index is 0.194. The minimum Gasteiger partial charge on any atom is -0.462 e. The van der Waals surface area contributed by atoms with E-state index in [1.807, 2.05) is 0 Å². The third kappa shape index (κ3) is 45.0. The Hall–Kier alpha value is -1.73. The Morgan fingerprint density at radius 3 is 1.29 bits per heavy atom. The molecule has 2 N–H and O–H groups in total. The van der Waals surface area contributed by atoms with Gasteiger partial charge >= 0.3 is 19.8 Å². The predicted molar refractivity (Wildman–Crippen MR) is 235 cm³/mol. The number of phosphoric ester groups is 1. The number of hydrogen-bond acceptors (Lipinski definition) is 6. The first-order valence-electron chi connectivity index (χ1n) is 23.3. The van der Waals surface area contributed by atoms with Crippen molar-refractivity contribution in [3.63, 3.8) is 0 Å². The van der Waals surface area contributed by atoms with Gasteiger partial charge in [0.2, 0.25) is 0 Å². The van der Waals surface area contributed by atoms with E-state index in [9.17, 15) is 14.2 Å². The number of allylic oxidation sites excluding steroid dienone is 6. The summed E-state index contributed by atoms with van der Waals surface area (Å²) in [6.45, 7) is 3.59. The van der Waals surface area contributed by atoms with Crippen LogP contribution in [0.3, 0.4) is 0 Å². The molecular formula is C47H87O8P. The van der Waals surface area contributed by atoms with Crippen LogP contribution in [0.25, 0.3) is 0 Å². The zero-order valence-electron chi connectivity index (χ0n) is 36.3. The second-order valence-electron chi connectivity index (χ2n) is 15.7. The monoisotopic (exact) mass is 811 g/mol. The average Bonchev–Trinajstić information content (AvgIpc) is 3.17. The number of carbonyl (C=O) groups is 2. The maximum atomic E-state index is 12.4. The van der Waals surface area contributed by atoms with Gasteiger partial charge in [-0.15, -0.1) is 0 Å². The topological polar surface area (TPSA) is 119 Å². The number of phosphoric acid groups is 1. The molecule has 56 heavy (non-hydrogen) atoms. The molecule has 1 unspecified atom stereocenters. The van der Waals surface area contributed by atoms with Crippen molar-refractivity contribution in [2.75, 3.05) is 13.2 Å². The van der Waals surface area contributed by atoms with Crippen molar-refractivity contribution in [1.29, 1.82) is 0 Å². The maximum Gasteiger partial charge on any atom is 0.469 e. The highest BCUT2D eigenvalue weighted by Gasteiger charge is 2.23. The molecule has 0 saturated carbocycles. The molecule has 0 heterocycles. The molecule has 0 aliphatic rings. The number of unbranched alkanes of at least 4 members (excludes halogenated alkanes) is 27. The first-order chi connectivity index (χ1) is 27.3. The summed E-state index contributed by atoms with van der Waals surface area (Å²) < 4.78 is 26.4. The number of hydrogen-bond donors (Lipinski definition) is 2. The highest BCUT2D eigenvalue weighted by molar-refractivity contribution is 7.46. The molecular weight excluding hydrogens is 723 g/mol. The molecule has 0 aliphatic heterocycles. The summed E-state index contributed by atoms with van der Waals surface area (Å²) in [6.07, 6.45) is 51.7. The van der Waals surface area contributed by atoms with Gasteiger partial charge in [-0.1, -0.05) is 211 Å². The zero-order chi connectivity index (χ0) is 41.1. The lowest BCUT2D eigenvalue weighted by Gasteiger charge is -2.18. The van der Waals surface area contributed by atoms with Crippen molar-refractivity contribution in [3.8, 4) is 0 Å². The van der Waals surface area contributed by atoms with E-state index in [0.717, 1.165) is 70.6 Å². The van der Waals surface area contributed by atoms with Gasteiger partial charge in [-0.25, -0.2) is 4.57 Å². The van der Waals surface area contributed by atoms with Gasteiger partial charge in [-0.2, -0.15) is 0 Å². The number of ether oxygens (including phenoxy) is 2. The first kappa shape index (κ1) is 54.3. The summed E-state index contributed by atoms with van der Waals surface area (Å²) in [6, 6.07) is 0. The van der Waals surface area contributed by atoms with Crippen LogP contribution in [0.15, 0.2) is 36.5 Å². The van der Waals surface area contributed by atoms with Gasteiger partial charge in [0, 0.05) is 12.8 Å². The summed E-state index contributed by atoms with van der Waals surface area (Å²) in [7, 11) is -4.76. The van der Waals surface area contributed by atoms with Crippen molar-refractivity contribution in [2.45, 2.75) is 238 Å². The lowest BCUT2D eigenvalue weighted by atomic mass is 10.0. The van der Waals surface area contributed by atoms with Crippen LogP contribution in [0, 0.1) is 0 Å². The molecule has 0 aromatic carbocycles. The Labute approximate surface area is 344 Å². The van der Waals surface area contributed by atoms with E-state index in [0.29, 0.717) is 6.42 Å². The molecule has 0 rings (SSSR count). The average molecular weight is 811 g/mol. The minimum atomic E-state index is -4.76. The SMILES string of the molecule is CC/C=C\C/C=C\C/C=C\CCCCCCCC(=O)OC(COC(=O)CCCCCCCCCCCCCCCCCCCCCCCCC)COP(=O)(O)O. The Morgan fingerprint density at radius 1 is 0.482 bits per heavy atom. The molecule has 0 radical (unpaired) electrons. The van der Waals surface area contributed by atoms with Crippen molar-refractivity contribution in [3.05, 3.63) is 36.5 Å². The Bertz CT molecular complexity index is 1000. The van der Waals surface area contributed by atoms with E-state index in [-0.39, 0.29) is 19.4 Å². The van der Waals surface area contributed by atoms with E-state index in [4.69, 9.17) is 19.3 Å². The van der Waals surface area contributed by atoms with Crippen LogP contribution < -0.4 is 0 Å². The lowest BCUT2D eigenvalue weighted by molar-refractivity contribution is -0.161. The number of rotatable bonds is 43. The first-order valence-corrected chi connectivity index (χ1v) is 24.8. The zero-order valence-corrected chi connectivity index (χ0v) is 37.2. The smallest absolute Gasteiger partial charge is 0.462 e. The van der Waals surface area contributed by atoms with Crippen LogP contribution in [0.2, 0.25) is 0 Å². The Morgan fingerprint density at radius 2 is 0.857 bits per heavy atom. The third-order valence-corrected chi connectivity index (χ3v) is 10.7. The van der Waals surface area contributed by atoms with Crippen molar-refractivity contribution in [1.82, 2.24) is 0 Å². The van der Waals surface area contributed by atoms with E-state index in [1.165, 1.54) is 128 Å². The largest absolute Gasteiger partial charge is 0.469 e. The number of esters is 2. The highest BCUT2D eigenvalue weighted by atomic mass is 31.2. The molecule has 0 saturated heterocycles. The summed E-state index contributed by atoms with van der Waals surface area (Å²) in [4.78, 5) is 42.9. The molecule has 0 fully saturated rings. The molecule has 9 heteroatoms. The van der Waals surface area contributed by atoms with Gasteiger partial charge in [0.1, 0.15) is 6.61 Å². The van der Waals surface area contributed by atoms with Crippen LogP contribution in [0.1, 0.15) is 232 Å². The van der Waals surface area contributed by atoms with Crippen LogP contribution >= 0.6 is 7.82 Å². The molecule has 0 spiro atoms. The van der Waals surface area contributed by atoms with Gasteiger partial charge in [-0.05, 0) is 44.9 Å². The molecule has 0 aromatic rings.